The smallest absolute Gasteiger partial charge is 0.00538 e. The van der Waals surface area contributed by atoms with E-state index in [1.54, 1.807) is 12.3 Å². The van der Waals surface area contributed by atoms with Gasteiger partial charge in [0.25, 0.3) is 0 Å². The van der Waals surface area contributed by atoms with Crippen LogP contribution in [-0.4, -0.2) is 35.0 Å². The summed E-state index contributed by atoms with van der Waals surface area (Å²) >= 11 is 0. The van der Waals surface area contributed by atoms with Gasteiger partial charge in [0, 0.05) is 22.9 Å². The molecule has 0 aromatic carbocycles. The molecular weight excluding hydrogens is 326 g/mol. The predicted octanol–water partition coefficient (Wildman–Crippen LogP) is 6.19. The Balaban J connectivity index is 1.22. The Morgan fingerprint density at radius 2 is 1.46 bits per heavy atom. The van der Waals surface area contributed by atoms with E-state index in [1.165, 1.54) is 44.9 Å². The van der Waals surface area contributed by atoms with Crippen LogP contribution in [0.15, 0.2) is 47.1 Å². The first kappa shape index (κ1) is 14.9. The van der Waals surface area contributed by atoms with Crippen LogP contribution in [0.1, 0.15) is 44.9 Å². The highest BCUT2D eigenvalue weighted by Crippen LogP contribution is 2.71. The molecule has 0 nitrogen and oxygen atoms in total. The summed E-state index contributed by atoms with van der Waals surface area (Å²) in [5.41, 5.74) is 9.69. The van der Waals surface area contributed by atoms with Gasteiger partial charge in [-0.25, -0.2) is 0 Å². The van der Waals surface area contributed by atoms with E-state index in [0.29, 0.717) is 0 Å². The first-order chi connectivity index (χ1) is 11.9. The van der Waals surface area contributed by atoms with E-state index < -0.39 is 0 Å². The minimum Gasteiger partial charge on any atom is -0.0946 e. The normalized spacial score (nSPS) is 47.3. The number of allylic oxidation sites excluding steroid dienone is 8. The third-order valence-corrected chi connectivity index (χ3v) is 14.9. The van der Waals surface area contributed by atoms with Crippen molar-refractivity contribution in [2.75, 3.05) is 12.3 Å². The highest BCUT2D eigenvalue weighted by Gasteiger charge is 2.49. The largest absolute Gasteiger partial charge is 0.0946 e. The van der Waals surface area contributed by atoms with Crippen molar-refractivity contribution in [3.63, 3.8) is 0 Å². The molecular formula is C22H28P2. The second-order valence-electron chi connectivity index (χ2n) is 8.54. The SMILES string of the molecule is C1=C[C@@H]2C3=CCC[C@@H]3P(CCP3C4CCC=C4C4=CCC[C@@H]43)C2C1. The Bertz CT molecular complexity index is 654. The molecule has 0 saturated carbocycles. The molecule has 2 fully saturated rings. The second kappa shape index (κ2) is 5.66. The number of rotatable bonds is 3. The lowest BCUT2D eigenvalue weighted by Crippen LogP contribution is -2.12. The van der Waals surface area contributed by atoms with Crippen LogP contribution in [0.25, 0.3) is 0 Å². The molecule has 2 saturated heterocycles. The number of fused-ring (bicyclic) bond motifs is 6. The van der Waals surface area contributed by atoms with E-state index >= 15 is 0 Å². The molecule has 0 spiro atoms. The topological polar surface area (TPSA) is 0 Å². The fourth-order valence-corrected chi connectivity index (χ4v) is 15.2. The maximum atomic E-state index is 2.64. The summed E-state index contributed by atoms with van der Waals surface area (Å²) in [6.45, 7) is 0. The lowest BCUT2D eigenvalue weighted by Gasteiger charge is -2.29. The lowest BCUT2D eigenvalue weighted by atomic mass is 9.98. The van der Waals surface area contributed by atoms with Gasteiger partial charge in [0.05, 0.1) is 0 Å². The average molecular weight is 354 g/mol. The van der Waals surface area contributed by atoms with Gasteiger partial charge in [0.1, 0.15) is 0 Å². The van der Waals surface area contributed by atoms with E-state index in [2.05, 4.69) is 30.4 Å². The van der Waals surface area contributed by atoms with Gasteiger partial charge in [0.2, 0.25) is 0 Å². The summed E-state index contributed by atoms with van der Waals surface area (Å²) < 4.78 is 0. The zero-order chi connectivity index (χ0) is 15.7. The molecule has 2 heterocycles. The van der Waals surface area contributed by atoms with Gasteiger partial charge in [-0.05, 0) is 74.1 Å². The van der Waals surface area contributed by atoms with Crippen LogP contribution < -0.4 is 0 Å². The molecule has 0 aromatic heterocycles. The van der Waals surface area contributed by atoms with Crippen molar-refractivity contribution < 1.29 is 0 Å². The molecule has 4 unspecified atom stereocenters. The predicted molar refractivity (Wildman–Crippen MR) is 108 cm³/mol. The zero-order valence-electron chi connectivity index (χ0n) is 14.5. The molecule has 0 amide bonds. The van der Waals surface area contributed by atoms with Crippen molar-refractivity contribution in [1.82, 2.24) is 0 Å². The van der Waals surface area contributed by atoms with Crippen LogP contribution in [0, 0.1) is 5.92 Å². The third kappa shape index (κ3) is 2.00. The van der Waals surface area contributed by atoms with Crippen molar-refractivity contribution in [2.24, 2.45) is 5.92 Å². The summed E-state index contributed by atoms with van der Waals surface area (Å²) in [7, 11) is 0.530. The Labute approximate surface area is 149 Å². The van der Waals surface area contributed by atoms with Gasteiger partial charge in [-0.15, -0.1) is 0 Å². The van der Waals surface area contributed by atoms with E-state index in [-0.39, 0.29) is 15.8 Å². The molecule has 0 radical (unpaired) electrons. The Morgan fingerprint density at radius 3 is 2.25 bits per heavy atom. The molecule has 126 valence electrons. The highest BCUT2D eigenvalue weighted by molar-refractivity contribution is 7.64. The molecule has 2 heteroatoms. The standard InChI is InChI=1S/C22H28P2/c1-5-15-16-6-2-10-20(16)23(19(15)9-1)13-14-24-21-11-3-7-17(21)18-8-4-12-22(18)24/h1,5-8,15,19-22H,2-4,9-14H2/t15-,19?,20+,21+,22?,23?,24?/m1/s1. The fourth-order valence-electron chi connectivity index (χ4n) is 6.74. The molecule has 0 aromatic rings. The van der Waals surface area contributed by atoms with E-state index in [0.717, 1.165) is 28.6 Å². The van der Waals surface area contributed by atoms with Crippen molar-refractivity contribution in [3.8, 4) is 0 Å². The first-order valence-corrected chi connectivity index (χ1v) is 13.5. The van der Waals surface area contributed by atoms with Crippen LogP contribution in [-0.2, 0) is 0 Å². The van der Waals surface area contributed by atoms with Gasteiger partial charge in [-0.2, -0.15) is 0 Å². The molecule has 6 aliphatic rings. The maximum absolute atomic E-state index is 2.64. The molecule has 24 heavy (non-hydrogen) atoms. The molecule has 4 aliphatic carbocycles. The molecule has 0 bridgehead atoms. The van der Waals surface area contributed by atoms with Crippen LogP contribution in [0.2, 0.25) is 0 Å². The Morgan fingerprint density at radius 1 is 0.792 bits per heavy atom. The van der Waals surface area contributed by atoms with Gasteiger partial charge in [-0.3, -0.25) is 0 Å². The maximum Gasteiger partial charge on any atom is 0.00538 e. The van der Waals surface area contributed by atoms with Crippen molar-refractivity contribution >= 4 is 15.8 Å². The zero-order valence-corrected chi connectivity index (χ0v) is 16.3. The average Bonchev–Trinajstić information content (AvgIpc) is 3.38. The molecule has 0 N–H and O–H groups in total. The van der Waals surface area contributed by atoms with E-state index in [4.69, 9.17) is 0 Å². The van der Waals surface area contributed by atoms with Gasteiger partial charge in [-0.1, -0.05) is 51.8 Å². The fraction of sp³-hybridized carbons (Fsp3) is 0.636. The Hall–Kier alpha value is -0.180. The first-order valence-electron chi connectivity index (χ1n) is 10.2. The summed E-state index contributed by atoms with van der Waals surface area (Å²) in [4.78, 5) is 0. The summed E-state index contributed by atoms with van der Waals surface area (Å²) in [5.74, 6) is 0.879. The van der Waals surface area contributed by atoms with Crippen molar-refractivity contribution in [3.05, 3.63) is 47.1 Å². The Kier molecular flexibility index (Phi) is 3.52. The van der Waals surface area contributed by atoms with Crippen LogP contribution in [0.4, 0.5) is 0 Å². The molecule has 2 aliphatic heterocycles. The van der Waals surface area contributed by atoms with Crippen LogP contribution in [0.3, 0.4) is 0 Å². The number of hydrogen-bond acceptors (Lipinski definition) is 0. The highest BCUT2D eigenvalue weighted by atomic mass is 31.1. The summed E-state index contributed by atoms with van der Waals surface area (Å²) in [5, 5.41) is 0. The lowest BCUT2D eigenvalue weighted by molar-refractivity contribution is 0.762. The quantitative estimate of drug-likeness (QED) is 0.419. The van der Waals surface area contributed by atoms with Crippen molar-refractivity contribution in [2.45, 2.75) is 67.6 Å². The monoisotopic (exact) mass is 354 g/mol. The second-order valence-corrected chi connectivity index (χ2v) is 14.0. The van der Waals surface area contributed by atoms with Crippen LogP contribution >= 0.6 is 15.8 Å². The van der Waals surface area contributed by atoms with Gasteiger partial charge in [0.15, 0.2) is 0 Å². The number of hydrogen-bond donors (Lipinski definition) is 0. The summed E-state index contributed by atoms with van der Waals surface area (Å²) in [6, 6.07) is 0. The third-order valence-electron chi connectivity index (χ3n) is 7.63. The summed E-state index contributed by atoms with van der Waals surface area (Å²) in [6.07, 6.45) is 26.2. The molecule has 7 atom stereocenters. The van der Waals surface area contributed by atoms with Crippen molar-refractivity contribution in [1.29, 1.82) is 0 Å². The van der Waals surface area contributed by atoms with Crippen LogP contribution in [0.5, 0.6) is 0 Å². The molecule has 6 rings (SSSR count). The van der Waals surface area contributed by atoms with E-state index in [1.807, 2.05) is 16.7 Å². The van der Waals surface area contributed by atoms with Gasteiger partial charge < -0.3 is 0 Å². The van der Waals surface area contributed by atoms with Gasteiger partial charge >= 0.3 is 0 Å². The minimum atomic E-state index is 0.262. The minimum absolute atomic E-state index is 0.262. The van der Waals surface area contributed by atoms with E-state index in [9.17, 15) is 0 Å².